The van der Waals surface area contributed by atoms with Crippen molar-refractivity contribution >= 4 is 34.1 Å². The maximum atomic E-state index is 13.7. The second kappa shape index (κ2) is 11.3. The van der Waals surface area contributed by atoms with Crippen LogP contribution in [0.25, 0.3) is 22.3 Å². The number of carbonyl (C=O) groups excluding carboxylic acids is 1. The SMILES string of the molecule is CC(C)N1CCCN(c2ccc3nc(-c4cccc(Cl)c4)n(CC(=O)NC(C)C(F)(F)F)c(=O)c3c2)CC1. The molecule has 204 valence electrons. The molecule has 4 rings (SSSR count). The molecule has 1 saturated heterocycles. The van der Waals surface area contributed by atoms with Crippen LogP contribution in [0.1, 0.15) is 27.2 Å². The molecule has 0 saturated carbocycles. The van der Waals surface area contributed by atoms with Crippen LogP contribution < -0.4 is 15.8 Å². The zero-order valence-electron chi connectivity index (χ0n) is 21.6. The van der Waals surface area contributed by atoms with Crippen molar-refractivity contribution in [2.75, 3.05) is 31.1 Å². The van der Waals surface area contributed by atoms with Gasteiger partial charge in [0.25, 0.3) is 5.56 Å². The minimum absolute atomic E-state index is 0.148. The molecule has 11 heteroatoms. The number of hydrogen-bond donors (Lipinski definition) is 1. The van der Waals surface area contributed by atoms with Gasteiger partial charge >= 0.3 is 6.18 Å². The zero-order valence-corrected chi connectivity index (χ0v) is 22.3. The molecule has 38 heavy (non-hydrogen) atoms. The van der Waals surface area contributed by atoms with E-state index < -0.39 is 30.2 Å². The van der Waals surface area contributed by atoms with Gasteiger partial charge in [0.1, 0.15) is 18.4 Å². The molecule has 1 amide bonds. The third kappa shape index (κ3) is 6.30. The van der Waals surface area contributed by atoms with Crippen molar-refractivity contribution in [3.05, 3.63) is 57.8 Å². The Morgan fingerprint density at radius 1 is 1.08 bits per heavy atom. The smallest absolute Gasteiger partial charge is 0.370 e. The summed E-state index contributed by atoms with van der Waals surface area (Å²) >= 11 is 6.15. The first kappa shape index (κ1) is 27.9. The fourth-order valence-corrected chi connectivity index (χ4v) is 4.82. The molecule has 1 N–H and O–H groups in total. The average molecular weight is 550 g/mol. The van der Waals surface area contributed by atoms with Crippen molar-refractivity contribution in [1.82, 2.24) is 19.8 Å². The Morgan fingerprint density at radius 3 is 2.53 bits per heavy atom. The standard InChI is InChI=1S/C27H31ClF3N5O2/c1-17(2)34-10-5-11-35(13-12-34)21-8-9-23-22(15-21)26(38)36(16-24(37)32-18(3)27(29,30)31)25(33-23)19-6-4-7-20(28)14-19/h4,6-9,14-15,17-18H,5,10-13,16H2,1-3H3,(H,32,37). The Morgan fingerprint density at radius 2 is 1.84 bits per heavy atom. The Balaban J connectivity index is 1.75. The number of alkyl halides is 3. The van der Waals surface area contributed by atoms with E-state index in [1.165, 1.54) is 0 Å². The number of halogens is 4. The summed E-state index contributed by atoms with van der Waals surface area (Å²) in [5.74, 6) is -0.797. The number of benzene rings is 2. The lowest BCUT2D eigenvalue weighted by molar-refractivity contribution is -0.158. The van der Waals surface area contributed by atoms with Crippen LogP contribution in [-0.4, -0.2) is 64.8 Å². The summed E-state index contributed by atoms with van der Waals surface area (Å²) in [5, 5.41) is 2.61. The van der Waals surface area contributed by atoms with Crippen molar-refractivity contribution in [2.45, 2.75) is 52.0 Å². The number of hydrogen-bond acceptors (Lipinski definition) is 5. The highest BCUT2D eigenvalue weighted by Gasteiger charge is 2.37. The van der Waals surface area contributed by atoms with E-state index in [0.717, 1.165) is 49.8 Å². The van der Waals surface area contributed by atoms with Gasteiger partial charge in [-0.3, -0.25) is 19.1 Å². The third-order valence-corrected chi connectivity index (χ3v) is 7.05. The number of fused-ring (bicyclic) bond motifs is 1. The van der Waals surface area contributed by atoms with Crippen molar-refractivity contribution in [3.8, 4) is 11.4 Å². The van der Waals surface area contributed by atoms with E-state index in [1.807, 2.05) is 11.4 Å². The summed E-state index contributed by atoms with van der Waals surface area (Å²) in [6.45, 7) is 8.07. The van der Waals surface area contributed by atoms with Gasteiger partial charge in [-0.05, 0) is 57.5 Å². The lowest BCUT2D eigenvalue weighted by Gasteiger charge is -2.26. The van der Waals surface area contributed by atoms with Crippen LogP contribution in [0, 0.1) is 0 Å². The second-order valence-corrected chi connectivity index (χ2v) is 10.3. The first-order valence-electron chi connectivity index (χ1n) is 12.6. The molecule has 0 bridgehead atoms. The number of nitrogens with zero attached hydrogens (tertiary/aromatic N) is 4. The largest absolute Gasteiger partial charge is 0.408 e. The van der Waals surface area contributed by atoms with Crippen LogP contribution in [-0.2, 0) is 11.3 Å². The molecule has 2 heterocycles. The molecule has 7 nitrogen and oxygen atoms in total. The number of rotatable bonds is 6. The summed E-state index contributed by atoms with van der Waals surface area (Å²) in [6.07, 6.45) is -3.63. The second-order valence-electron chi connectivity index (χ2n) is 9.84. The van der Waals surface area contributed by atoms with E-state index in [-0.39, 0.29) is 11.2 Å². The van der Waals surface area contributed by atoms with Crippen LogP contribution in [0.5, 0.6) is 0 Å². The maximum Gasteiger partial charge on any atom is 0.408 e. The van der Waals surface area contributed by atoms with E-state index in [2.05, 4.69) is 28.6 Å². The van der Waals surface area contributed by atoms with Crippen molar-refractivity contribution in [2.24, 2.45) is 0 Å². The van der Waals surface area contributed by atoms with Gasteiger partial charge in [-0.1, -0.05) is 23.7 Å². The predicted octanol–water partition coefficient (Wildman–Crippen LogP) is 4.70. The maximum absolute atomic E-state index is 13.7. The minimum Gasteiger partial charge on any atom is -0.370 e. The van der Waals surface area contributed by atoms with Crippen LogP contribution in [0.2, 0.25) is 5.02 Å². The molecule has 3 aromatic rings. The van der Waals surface area contributed by atoms with Crippen molar-refractivity contribution in [3.63, 3.8) is 0 Å². The van der Waals surface area contributed by atoms with Gasteiger partial charge in [-0.25, -0.2) is 4.98 Å². The van der Waals surface area contributed by atoms with Gasteiger partial charge in [-0.15, -0.1) is 0 Å². The molecular weight excluding hydrogens is 519 g/mol. The molecule has 1 fully saturated rings. The molecule has 0 radical (unpaired) electrons. The predicted molar refractivity (Wildman–Crippen MR) is 144 cm³/mol. The van der Waals surface area contributed by atoms with Crippen LogP contribution in [0.3, 0.4) is 0 Å². The molecule has 1 unspecified atom stereocenters. The molecule has 1 atom stereocenters. The highest BCUT2D eigenvalue weighted by molar-refractivity contribution is 6.30. The molecular formula is C27H31ClF3N5O2. The summed E-state index contributed by atoms with van der Waals surface area (Å²) < 4.78 is 40.2. The van der Waals surface area contributed by atoms with Crippen LogP contribution in [0.4, 0.5) is 18.9 Å². The number of amides is 1. The Bertz CT molecular complexity index is 1380. The third-order valence-electron chi connectivity index (χ3n) is 6.82. The first-order chi connectivity index (χ1) is 17.9. The van der Waals surface area contributed by atoms with Gasteiger partial charge in [-0.2, -0.15) is 13.2 Å². The molecule has 0 aliphatic carbocycles. The lowest BCUT2D eigenvalue weighted by Crippen LogP contribution is -2.45. The Labute approximate surface area is 224 Å². The molecule has 2 aromatic carbocycles. The highest BCUT2D eigenvalue weighted by atomic mass is 35.5. The molecule has 1 aliphatic heterocycles. The first-order valence-corrected chi connectivity index (χ1v) is 13.0. The molecule has 1 aromatic heterocycles. The van der Waals surface area contributed by atoms with E-state index in [0.29, 0.717) is 22.1 Å². The van der Waals surface area contributed by atoms with Gasteiger partial charge in [0.05, 0.1) is 10.9 Å². The van der Waals surface area contributed by atoms with Crippen LogP contribution >= 0.6 is 11.6 Å². The van der Waals surface area contributed by atoms with Gasteiger partial charge < -0.3 is 10.2 Å². The Hall–Kier alpha value is -3.11. The minimum atomic E-state index is -4.61. The molecule has 0 spiro atoms. The normalized spacial score (nSPS) is 16.1. The fraction of sp³-hybridized carbons (Fsp3) is 0.444. The summed E-state index contributed by atoms with van der Waals surface area (Å²) in [7, 11) is 0. The summed E-state index contributed by atoms with van der Waals surface area (Å²) in [4.78, 5) is 35.6. The van der Waals surface area contributed by atoms with Crippen molar-refractivity contribution in [1.29, 1.82) is 0 Å². The number of carbonyl (C=O) groups is 1. The quantitative estimate of drug-likeness (QED) is 0.482. The van der Waals surface area contributed by atoms with Crippen LogP contribution in [0.15, 0.2) is 47.3 Å². The van der Waals surface area contributed by atoms with E-state index in [1.54, 1.807) is 36.4 Å². The summed E-state index contributed by atoms with van der Waals surface area (Å²) in [6, 6.07) is 10.4. The zero-order chi connectivity index (χ0) is 27.6. The monoisotopic (exact) mass is 549 g/mol. The number of aromatic nitrogens is 2. The highest BCUT2D eigenvalue weighted by Crippen LogP contribution is 2.26. The average Bonchev–Trinajstić information content (AvgIpc) is 3.11. The number of nitrogens with one attached hydrogen (secondary N) is 1. The van der Waals surface area contributed by atoms with E-state index >= 15 is 0 Å². The van der Waals surface area contributed by atoms with Gasteiger partial charge in [0, 0.05) is 48.5 Å². The fourth-order valence-electron chi connectivity index (χ4n) is 4.62. The summed E-state index contributed by atoms with van der Waals surface area (Å²) in [5.41, 5.74) is 1.24. The topological polar surface area (TPSA) is 70.5 Å². The Kier molecular flexibility index (Phi) is 8.32. The van der Waals surface area contributed by atoms with Gasteiger partial charge in [0.2, 0.25) is 5.91 Å². The van der Waals surface area contributed by atoms with E-state index in [4.69, 9.17) is 11.6 Å². The van der Waals surface area contributed by atoms with Crippen molar-refractivity contribution < 1.29 is 18.0 Å². The lowest BCUT2D eigenvalue weighted by atomic mass is 10.1. The molecule has 1 aliphatic rings. The van der Waals surface area contributed by atoms with Gasteiger partial charge in [0.15, 0.2) is 0 Å². The van der Waals surface area contributed by atoms with E-state index in [9.17, 15) is 22.8 Å². The number of anilines is 1.